The minimum atomic E-state index is 0.649. The summed E-state index contributed by atoms with van der Waals surface area (Å²) in [4.78, 5) is 0. The van der Waals surface area contributed by atoms with Crippen LogP contribution in [0.25, 0.3) is 11.0 Å². The van der Waals surface area contributed by atoms with Gasteiger partial charge in [0.25, 0.3) is 0 Å². The number of methoxy groups -OCH3 is 2. The van der Waals surface area contributed by atoms with Gasteiger partial charge in [-0.3, -0.25) is 0 Å². The van der Waals surface area contributed by atoms with Gasteiger partial charge in [0.15, 0.2) is 17.1 Å². The Bertz CT molecular complexity index is 462. The van der Waals surface area contributed by atoms with Gasteiger partial charge in [-0.25, -0.2) is 0 Å². The largest absolute Gasteiger partial charge is 0.493 e. The molecule has 0 spiro atoms. The zero-order chi connectivity index (χ0) is 10.1. The number of nitrogens with zero attached hydrogens (tertiary/aromatic N) is 1. The maximum atomic E-state index is 5.17. The smallest absolute Gasteiger partial charge is 0.171 e. The molecule has 4 nitrogen and oxygen atoms in total. The lowest BCUT2D eigenvalue weighted by Crippen LogP contribution is -1.89. The van der Waals surface area contributed by atoms with Crippen molar-refractivity contribution in [3.8, 4) is 11.5 Å². The summed E-state index contributed by atoms with van der Waals surface area (Å²) in [5.74, 6) is 1.34. The van der Waals surface area contributed by atoms with Crippen LogP contribution in [0.15, 0.2) is 16.7 Å². The van der Waals surface area contributed by atoms with E-state index in [-0.39, 0.29) is 0 Å². The summed E-state index contributed by atoms with van der Waals surface area (Å²) in [7, 11) is 3.19. The van der Waals surface area contributed by atoms with Crippen molar-refractivity contribution in [1.82, 2.24) is 5.16 Å². The minimum absolute atomic E-state index is 0.649. The van der Waals surface area contributed by atoms with Gasteiger partial charge in [0, 0.05) is 11.5 Å². The molecule has 2 rings (SSSR count). The number of aromatic nitrogens is 1. The maximum Gasteiger partial charge on any atom is 0.171 e. The van der Waals surface area contributed by atoms with E-state index in [2.05, 4.69) is 5.16 Å². The lowest BCUT2D eigenvalue weighted by Gasteiger charge is -2.05. The maximum absolute atomic E-state index is 5.17. The van der Waals surface area contributed by atoms with Gasteiger partial charge in [-0.2, -0.15) is 0 Å². The molecule has 0 bridgehead atoms. The second-order valence-corrected chi connectivity index (χ2v) is 2.97. The monoisotopic (exact) mass is 193 g/mol. The molecule has 0 saturated carbocycles. The molecular formula is C10H11NO3. The molecule has 0 amide bonds. The summed E-state index contributed by atoms with van der Waals surface area (Å²) in [5, 5.41) is 4.81. The molecule has 14 heavy (non-hydrogen) atoms. The molecule has 0 fully saturated rings. The van der Waals surface area contributed by atoms with Crippen molar-refractivity contribution in [1.29, 1.82) is 0 Å². The van der Waals surface area contributed by atoms with Crippen molar-refractivity contribution in [2.75, 3.05) is 14.2 Å². The van der Waals surface area contributed by atoms with Crippen LogP contribution in [0.1, 0.15) is 5.69 Å². The quantitative estimate of drug-likeness (QED) is 0.733. The van der Waals surface area contributed by atoms with E-state index in [0.717, 1.165) is 11.1 Å². The molecule has 4 heteroatoms. The van der Waals surface area contributed by atoms with Gasteiger partial charge in [-0.1, -0.05) is 5.16 Å². The van der Waals surface area contributed by atoms with Crippen LogP contribution < -0.4 is 9.47 Å². The molecule has 0 aliphatic carbocycles. The first-order chi connectivity index (χ1) is 6.76. The standard InChI is InChI=1S/C10H11NO3/c1-6-7-4-9(12-2)10(13-3)5-8(7)14-11-6/h4-5H,1-3H3. The van der Waals surface area contributed by atoms with E-state index in [0.29, 0.717) is 17.1 Å². The third kappa shape index (κ3) is 1.19. The molecule has 0 N–H and O–H groups in total. The molecule has 0 atom stereocenters. The molecule has 0 aliphatic rings. The van der Waals surface area contributed by atoms with E-state index < -0.39 is 0 Å². The third-order valence-electron chi connectivity index (χ3n) is 2.16. The van der Waals surface area contributed by atoms with Gasteiger partial charge >= 0.3 is 0 Å². The number of hydrogen-bond donors (Lipinski definition) is 0. The normalized spacial score (nSPS) is 10.5. The van der Waals surface area contributed by atoms with E-state index >= 15 is 0 Å². The number of ether oxygens (including phenoxy) is 2. The Kier molecular flexibility index (Phi) is 2.04. The summed E-state index contributed by atoms with van der Waals surface area (Å²) in [6.45, 7) is 1.89. The fourth-order valence-electron chi connectivity index (χ4n) is 1.39. The highest BCUT2D eigenvalue weighted by Gasteiger charge is 2.10. The SMILES string of the molecule is COc1cc2onc(C)c2cc1OC. The molecule has 0 aliphatic heterocycles. The van der Waals surface area contributed by atoms with Crippen molar-refractivity contribution in [2.45, 2.75) is 6.92 Å². The van der Waals surface area contributed by atoms with Crippen molar-refractivity contribution in [3.05, 3.63) is 17.8 Å². The Morgan fingerprint density at radius 2 is 1.79 bits per heavy atom. The highest BCUT2D eigenvalue weighted by molar-refractivity contribution is 5.83. The molecule has 2 aromatic rings. The van der Waals surface area contributed by atoms with E-state index in [4.69, 9.17) is 14.0 Å². The van der Waals surface area contributed by atoms with Crippen molar-refractivity contribution >= 4 is 11.0 Å². The van der Waals surface area contributed by atoms with Gasteiger partial charge in [-0.15, -0.1) is 0 Å². The predicted octanol–water partition coefficient (Wildman–Crippen LogP) is 2.15. The summed E-state index contributed by atoms with van der Waals surface area (Å²) >= 11 is 0. The van der Waals surface area contributed by atoms with Gasteiger partial charge in [-0.05, 0) is 13.0 Å². The average molecular weight is 193 g/mol. The van der Waals surface area contributed by atoms with Crippen molar-refractivity contribution < 1.29 is 14.0 Å². The molecule has 1 heterocycles. The number of aryl methyl sites for hydroxylation is 1. The van der Waals surface area contributed by atoms with Crippen molar-refractivity contribution in [2.24, 2.45) is 0 Å². The highest BCUT2D eigenvalue weighted by atomic mass is 16.5. The zero-order valence-electron chi connectivity index (χ0n) is 8.33. The van der Waals surface area contributed by atoms with Gasteiger partial charge in [0.05, 0.1) is 19.9 Å². The number of rotatable bonds is 2. The molecule has 0 saturated heterocycles. The van der Waals surface area contributed by atoms with Crippen molar-refractivity contribution in [3.63, 3.8) is 0 Å². The summed E-state index contributed by atoms with van der Waals surface area (Å²) < 4.78 is 15.4. The molecular weight excluding hydrogens is 182 g/mol. The minimum Gasteiger partial charge on any atom is -0.493 e. The summed E-state index contributed by atoms with van der Waals surface area (Å²) in [6, 6.07) is 3.63. The average Bonchev–Trinajstić information content (AvgIpc) is 2.58. The number of fused-ring (bicyclic) bond motifs is 1. The van der Waals surface area contributed by atoms with Crippen LogP contribution in [0, 0.1) is 6.92 Å². The predicted molar refractivity (Wildman–Crippen MR) is 51.9 cm³/mol. The Morgan fingerprint density at radius 1 is 1.14 bits per heavy atom. The first kappa shape index (κ1) is 8.87. The second-order valence-electron chi connectivity index (χ2n) is 2.97. The van der Waals surface area contributed by atoms with Crippen LogP contribution >= 0.6 is 0 Å². The fourth-order valence-corrected chi connectivity index (χ4v) is 1.39. The Labute approximate surface area is 81.4 Å². The number of hydrogen-bond acceptors (Lipinski definition) is 4. The van der Waals surface area contributed by atoms with Gasteiger partial charge in [0.2, 0.25) is 0 Å². The van der Waals surface area contributed by atoms with Crippen LogP contribution in [0.3, 0.4) is 0 Å². The van der Waals surface area contributed by atoms with E-state index in [1.165, 1.54) is 0 Å². The molecule has 1 aromatic heterocycles. The molecule has 0 radical (unpaired) electrons. The first-order valence-electron chi connectivity index (χ1n) is 4.24. The second kappa shape index (κ2) is 3.21. The summed E-state index contributed by atoms with van der Waals surface area (Å²) in [6.07, 6.45) is 0. The topological polar surface area (TPSA) is 44.5 Å². The Balaban J connectivity index is 2.71. The van der Waals surface area contributed by atoms with Crippen LogP contribution in [0.4, 0.5) is 0 Å². The third-order valence-corrected chi connectivity index (χ3v) is 2.16. The van der Waals surface area contributed by atoms with Crippen LogP contribution in [-0.2, 0) is 0 Å². The highest BCUT2D eigenvalue weighted by Crippen LogP contribution is 2.33. The fraction of sp³-hybridized carbons (Fsp3) is 0.300. The Hall–Kier alpha value is -1.71. The molecule has 0 unspecified atom stereocenters. The Morgan fingerprint density at radius 3 is 2.43 bits per heavy atom. The van der Waals surface area contributed by atoms with E-state index in [1.807, 2.05) is 13.0 Å². The van der Waals surface area contributed by atoms with Gasteiger partial charge in [0.1, 0.15) is 0 Å². The first-order valence-corrected chi connectivity index (χ1v) is 4.24. The zero-order valence-corrected chi connectivity index (χ0v) is 8.33. The van der Waals surface area contributed by atoms with E-state index in [1.54, 1.807) is 20.3 Å². The van der Waals surface area contributed by atoms with Crippen LogP contribution in [0.2, 0.25) is 0 Å². The van der Waals surface area contributed by atoms with E-state index in [9.17, 15) is 0 Å². The summed E-state index contributed by atoms with van der Waals surface area (Å²) in [5.41, 5.74) is 1.56. The lowest BCUT2D eigenvalue weighted by atomic mass is 10.2. The lowest BCUT2D eigenvalue weighted by molar-refractivity contribution is 0.354. The van der Waals surface area contributed by atoms with Crippen LogP contribution in [0.5, 0.6) is 11.5 Å². The van der Waals surface area contributed by atoms with Crippen LogP contribution in [-0.4, -0.2) is 19.4 Å². The molecule has 74 valence electrons. The molecule has 1 aromatic carbocycles. The van der Waals surface area contributed by atoms with Gasteiger partial charge < -0.3 is 14.0 Å². The number of benzene rings is 1.